The van der Waals surface area contributed by atoms with E-state index in [1.165, 1.54) is 6.42 Å². The van der Waals surface area contributed by atoms with Crippen LogP contribution in [-0.2, 0) is 0 Å². The Morgan fingerprint density at radius 2 is 2.67 bits per heavy atom. The number of anilines is 1. The van der Waals surface area contributed by atoms with Crippen molar-refractivity contribution in [1.29, 1.82) is 0 Å². The van der Waals surface area contributed by atoms with Crippen molar-refractivity contribution in [2.75, 3.05) is 18.1 Å². The zero-order valence-electron chi connectivity index (χ0n) is 6.81. The second-order valence-corrected chi connectivity index (χ2v) is 3.86. The van der Waals surface area contributed by atoms with Gasteiger partial charge in [0.2, 0.25) is 0 Å². The summed E-state index contributed by atoms with van der Waals surface area (Å²) in [6.45, 7) is 1.29. The number of aliphatic hydroxyl groups is 1. The maximum atomic E-state index is 9.07. The van der Waals surface area contributed by atoms with Crippen LogP contribution in [0.5, 0.6) is 0 Å². The van der Waals surface area contributed by atoms with Crippen molar-refractivity contribution in [3.05, 3.63) is 11.6 Å². The van der Waals surface area contributed by atoms with Crippen LogP contribution in [0.3, 0.4) is 0 Å². The third-order valence-electron chi connectivity index (χ3n) is 2.25. The summed E-state index contributed by atoms with van der Waals surface area (Å²) >= 11 is 1.64. The molecule has 0 unspecified atom stereocenters. The van der Waals surface area contributed by atoms with Crippen molar-refractivity contribution >= 4 is 16.5 Å². The smallest absolute Gasteiger partial charge is 0.185 e. The molecular formula is C8H12N2OS. The fraction of sp³-hybridized carbons (Fsp3) is 0.625. The largest absolute Gasteiger partial charge is 0.394 e. The summed E-state index contributed by atoms with van der Waals surface area (Å²) in [5.41, 5.74) is 0. The van der Waals surface area contributed by atoms with Crippen molar-refractivity contribution in [3.8, 4) is 0 Å². The molecule has 1 aliphatic rings. The Balaban J connectivity index is 2.13. The predicted molar refractivity (Wildman–Crippen MR) is 49.6 cm³/mol. The second-order valence-electron chi connectivity index (χ2n) is 2.99. The summed E-state index contributed by atoms with van der Waals surface area (Å²) in [4.78, 5) is 6.43. The lowest BCUT2D eigenvalue weighted by Gasteiger charge is -2.21. The van der Waals surface area contributed by atoms with Crippen LogP contribution in [0.15, 0.2) is 11.6 Å². The molecule has 0 aromatic carbocycles. The predicted octanol–water partition coefficient (Wildman–Crippen LogP) is 1.10. The molecule has 1 N–H and O–H groups in total. The molecular weight excluding hydrogens is 172 g/mol. The van der Waals surface area contributed by atoms with Gasteiger partial charge in [0, 0.05) is 18.1 Å². The Labute approximate surface area is 75.7 Å². The summed E-state index contributed by atoms with van der Waals surface area (Å²) in [6.07, 6.45) is 4.08. The Kier molecular flexibility index (Phi) is 2.28. The molecule has 1 fully saturated rings. The number of hydrogen-bond acceptors (Lipinski definition) is 4. The van der Waals surface area contributed by atoms with E-state index in [0.717, 1.165) is 18.1 Å². The first-order valence-corrected chi connectivity index (χ1v) is 5.07. The second kappa shape index (κ2) is 3.41. The quantitative estimate of drug-likeness (QED) is 0.748. The van der Waals surface area contributed by atoms with Crippen molar-refractivity contribution < 1.29 is 5.11 Å². The van der Waals surface area contributed by atoms with Crippen LogP contribution in [0.2, 0.25) is 0 Å². The van der Waals surface area contributed by atoms with E-state index >= 15 is 0 Å². The number of nitrogens with zero attached hydrogens (tertiary/aromatic N) is 2. The van der Waals surface area contributed by atoms with Gasteiger partial charge in [-0.3, -0.25) is 0 Å². The molecule has 0 spiro atoms. The molecule has 3 nitrogen and oxygen atoms in total. The van der Waals surface area contributed by atoms with Crippen LogP contribution in [0, 0.1) is 0 Å². The van der Waals surface area contributed by atoms with E-state index in [1.54, 1.807) is 11.3 Å². The molecule has 0 saturated carbocycles. The molecule has 0 bridgehead atoms. The van der Waals surface area contributed by atoms with Crippen LogP contribution >= 0.6 is 11.3 Å². The number of aliphatic hydroxyl groups excluding tert-OH is 1. The molecule has 2 heterocycles. The van der Waals surface area contributed by atoms with Gasteiger partial charge in [-0.1, -0.05) is 0 Å². The third kappa shape index (κ3) is 1.32. The summed E-state index contributed by atoms with van der Waals surface area (Å²) in [5.74, 6) is 0. The van der Waals surface area contributed by atoms with Gasteiger partial charge in [-0.15, -0.1) is 11.3 Å². The van der Waals surface area contributed by atoms with E-state index in [9.17, 15) is 0 Å². The van der Waals surface area contributed by atoms with Gasteiger partial charge in [-0.2, -0.15) is 0 Å². The van der Waals surface area contributed by atoms with Crippen molar-refractivity contribution in [3.63, 3.8) is 0 Å². The Hall–Kier alpha value is -0.610. The van der Waals surface area contributed by atoms with E-state index in [0.29, 0.717) is 6.04 Å². The van der Waals surface area contributed by atoms with Crippen LogP contribution in [0.4, 0.5) is 5.13 Å². The number of rotatable bonds is 2. The highest BCUT2D eigenvalue weighted by atomic mass is 32.1. The third-order valence-corrected chi connectivity index (χ3v) is 3.06. The number of hydrogen-bond donors (Lipinski definition) is 1. The van der Waals surface area contributed by atoms with Gasteiger partial charge in [0.05, 0.1) is 12.6 Å². The van der Waals surface area contributed by atoms with Crippen LogP contribution in [-0.4, -0.2) is 29.3 Å². The molecule has 1 atom stereocenters. The first-order chi connectivity index (χ1) is 5.92. The normalized spacial score (nSPS) is 23.4. The minimum atomic E-state index is 0.250. The summed E-state index contributed by atoms with van der Waals surface area (Å²) in [5, 5.41) is 12.1. The van der Waals surface area contributed by atoms with Gasteiger partial charge < -0.3 is 10.0 Å². The molecule has 4 heteroatoms. The Morgan fingerprint density at radius 3 is 3.33 bits per heavy atom. The molecule has 0 aliphatic carbocycles. The molecule has 1 aromatic heterocycles. The van der Waals surface area contributed by atoms with Crippen LogP contribution in [0.25, 0.3) is 0 Å². The van der Waals surface area contributed by atoms with Gasteiger partial charge in [0.25, 0.3) is 0 Å². The molecule has 0 amide bonds. The molecule has 66 valence electrons. The van der Waals surface area contributed by atoms with E-state index in [-0.39, 0.29) is 6.61 Å². The lowest BCUT2D eigenvalue weighted by Crippen LogP contribution is -2.31. The first-order valence-electron chi connectivity index (χ1n) is 4.19. The van der Waals surface area contributed by atoms with Crippen LogP contribution in [0.1, 0.15) is 12.8 Å². The zero-order chi connectivity index (χ0) is 8.39. The van der Waals surface area contributed by atoms with E-state index < -0.39 is 0 Å². The van der Waals surface area contributed by atoms with Gasteiger partial charge in [0.1, 0.15) is 0 Å². The van der Waals surface area contributed by atoms with E-state index in [1.807, 2.05) is 11.6 Å². The van der Waals surface area contributed by atoms with Gasteiger partial charge in [-0.05, 0) is 12.8 Å². The monoisotopic (exact) mass is 184 g/mol. The highest BCUT2D eigenvalue weighted by Crippen LogP contribution is 2.26. The fourth-order valence-corrected chi connectivity index (χ4v) is 2.38. The average Bonchev–Trinajstić information content (AvgIpc) is 2.74. The molecule has 12 heavy (non-hydrogen) atoms. The van der Waals surface area contributed by atoms with Crippen LogP contribution < -0.4 is 4.90 Å². The van der Waals surface area contributed by atoms with E-state index in [4.69, 9.17) is 5.11 Å². The Bertz CT molecular complexity index is 237. The molecule has 0 radical (unpaired) electrons. The summed E-state index contributed by atoms with van der Waals surface area (Å²) in [6, 6.07) is 0.302. The van der Waals surface area contributed by atoms with Gasteiger partial charge >= 0.3 is 0 Å². The maximum absolute atomic E-state index is 9.07. The van der Waals surface area contributed by atoms with Gasteiger partial charge in [0.15, 0.2) is 5.13 Å². The topological polar surface area (TPSA) is 36.4 Å². The number of aromatic nitrogens is 1. The fourth-order valence-electron chi connectivity index (χ4n) is 1.64. The lowest BCUT2D eigenvalue weighted by molar-refractivity contribution is 0.266. The lowest BCUT2D eigenvalue weighted by atomic mass is 10.2. The maximum Gasteiger partial charge on any atom is 0.185 e. The highest BCUT2D eigenvalue weighted by molar-refractivity contribution is 7.13. The SMILES string of the molecule is OC[C@H]1CCCN1c1nccs1. The molecule has 1 saturated heterocycles. The van der Waals surface area contributed by atoms with Gasteiger partial charge in [-0.25, -0.2) is 4.98 Å². The molecule has 2 rings (SSSR count). The minimum absolute atomic E-state index is 0.250. The number of thiazole rings is 1. The highest BCUT2D eigenvalue weighted by Gasteiger charge is 2.25. The van der Waals surface area contributed by atoms with E-state index in [2.05, 4.69) is 9.88 Å². The Morgan fingerprint density at radius 1 is 1.75 bits per heavy atom. The minimum Gasteiger partial charge on any atom is -0.394 e. The van der Waals surface area contributed by atoms with Crippen molar-refractivity contribution in [1.82, 2.24) is 4.98 Å². The standard InChI is InChI=1S/C8H12N2OS/c11-6-7-2-1-4-10(7)8-9-3-5-12-8/h3,5,7,11H,1-2,4,6H2/t7-/m1/s1. The summed E-state index contributed by atoms with van der Waals surface area (Å²) in [7, 11) is 0. The van der Waals surface area contributed by atoms with Crippen molar-refractivity contribution in [2.24, 2.45) is 0 Å². The summed E-state index contributed by atoms with van der Waals surface area (Å²) < 4.78 is 0. The zero-order valence-corrected chi connectivity index (χ0v) is 7.63. The van der Waals surface area contributed by atoms with Crippen molar-refractivity contribution in [2.45, 2.75) is 18.9 Å². The molecule has 1 aromatic rings. The molecule has 1 aliphatic heterocycles. The average molecular weight is 184 g/mol. The first kappa shape index (κ1) is 8.01.